The van der Waals surface area contributed by atoms with Crippen LogP contribution in [0.15, 0.2) is 36.5 Å². The molecule has 0 atom stereocenters. The monoisotopic (exact) mass is 283 g/mol. The van der Waals surface area contributed by atoms with Crippen molar-refractivity contribution in [3.05, 3.63) is 42.2 Å². The Bertz CT molecular complexity index is 779. The molecule has 2 heterocycles. The normalized spacial score (nSPS) is 10.6. The summed E-state index contributed by atoms with van der Waals surface area (Å²) in [6.07, 6.45) is 1.51. The van der Waals surface area contributed by atoms with Gasteiger partial charge in [0.2, 0.25) is 0 Å². The number of nitrogens with one attached hydrogen (secondary N) is 2. The quantitative estimate of drug-likeness (QED) is 0.381. The van der Waals surface area contributed by atoms with Crippen molar-refractivity contribution in [3.63, 3.8) is 0 Å². The summed E-state index contributed by atoms with van der Waals surface area (Å²) in [6, 6.07) is 9.37. The predicted octanol–water partition coefficient (Wildman–Crippen LogP) is 1.24. The van der Waals surface area contributed by atoms with Gasteiger partial charge in [0, 0.05) is 6.20 Å². The molecule has 106 valence electrons. The fourth-order valence-electron chi connectivity index (χ4n) is 2.15. The zero-order chi connectivity index (χ0) is 14.8. The number of benzene rings is 1. The molecule has 4 N–H and O–H groups in total. The predicted molar refractivity (Wildman–Crippen MR) is 77.5 cm³/mol. The van der Waals surface area contributed by atoms with Gasteiger partial charge in [-0.25, -0.2) is 15.8 Å². The maximum Gasteiger partial charge on any atom is 0.287 e. The summed E-state index contributed by atoms with van der Waals surface area (Å²) in [4.78, 5) is 23.4. The third kappa shape index (κ3) is 2.19. The van der Waals surface area contributed by atoms with Gasteiger partial charge in [0.05, 0.1) is 23.7 Å². The van der Waals surface area contributed by atoms with Gasteiger partial charge in [-0.15, -0.1) is 0 Å². The largest absolute Gasteiger partial charge is 0.493 e. The highest BCUT2D eigenvalue weighted by atomic mass is 16.5. The average Bonchev–Trinajstić information content (AvgIpc) is 2.97. The standard InChI is InChI=1S/C14H13N5O2/c1-21-12-8(6-7-16-11(12)14(20)19-15)13-17-9-4-2-3-5-10(9)18-13/h2-7H,15H2,1H3,(H,17,18)(H,19,20). The van der Waals surface area contributed by atoms with Gasteiger partial charge in [0.25, 0.3) is 5.91 Å². The highest BCUT2D eigenvalue weighted by Gasteiger charge is 2.19. The second-order valence-corrected chi connectivity index (χ2v) is 4.32. The van der Waals surface area contributed by atoms with Crippen LogP contribution >= 0.6 is 0 Å². The fraction of sp³-hybridized carbons (Fsp3) is 0.0714. The molecule has 0 saturated heterocycles. The molecule has 0 aliphatic heterocycles. The third-order valence-corrected chi connectivity index (χ3v) is 3.10. The maximum atomic E-state index is 11.7. The van der Waals surface area contributed by atoms with E-state index < -0.39 is 5.91 Å². The lowest BCUT2D eigenvalue weighted by molar-refractivity contribution is 0.0945. The van der Waals surface area contributed by atoms with Crippen LogP contribution in [0.1, 0.15) is 10.5 Å². The van der Waals surface area contributed by atoms with E-state index >= 15 is 0 Å². The number of carbonyl (C=O) groups excluding carboxylic acids is 1. The van der Waals surface area contributed by atoms with Crippen LogP contribution in [0.25, 0.3) is 22.4 Å². The Morgan fingerprint density at radius 3 is 2.86 bits per heavy atom. The number of aromatic nitrogens is 3. The Labute approximate surface area is 120 Å². The number of nitrogens with two attached hydrogens (primary N) is 1. The van der Waals surface area contributed by atoms with E-state index in [-0.39, 0.29) is 5.69 Å². The zero-order valence-electron chi connectivity index (χ0n) is 11.3. The maximum absolute atomic E-state index is 11.7. The van der Waals surface area contributed by atoms with Crippen LogP contribution in [0.2, 0.25) is 0 Å². The lowest BCUT2D eigenvalue weighted by Crippen LogP contribution is -2.31. The second-order valence-electron chi connectivity index (χ2n) is 4.32. The van der Waals surface area contributed by atoms with E-state index in [9.17, 15) is 4.79 Å². The summed E-state index contributed by atoms with van der Waals surface area (Å²) in [5.41, 5.74) is 4.53. The number of carbonyl (C=O) groups is 1. The fourth-order valence-corrected chi connectivity index (χ4v) is 2.15. The van der Waals surface area contributed by atoms with Gasteiger partial charge in [-0.05, 0) is 18.2 Å². The van der Waals surface area contributed by atoms with Crippen LogP contribution in [0.5, 0.6) is 5.75 Å². The topological polar surface area (TPSA) is 106 Å². The summed E-state index contributed by atoms with van der Waals surface area (Å²) in [5.74, 6) is 5.55. The number of imidazole rings is 1. The van der Waals surface area contributed by atoms with Crippen molar-refractivity contribution in [2.45, 2.75) is 0 Å². The first-order valence-electron chi connectivity index (χ1n) is 6.23. The van der Waals surface area contributed by atoms with Gasteiger partial charge in [-0.1, -0.05) is 12.1 Å². The lowest BCUT2D eigenvalue weighted by Gasteiger charge is -2.09. The molecule has 0 bridgehead atoms. The van der Waals surface area contributed by atoms with E-state index in [1.54, 1.807) is 6.07 Å². The van der Waals surface area contributed by atoms with Gasteiger partial charge < -0.3 is 9.72 Å². The third-order valence-electron chi connectivity index (χ3n) is 3.10. The number of hydrogen-bond donors (Lipinski definition) is 3. The van der Waals surface area contributed by atoms with Crippen LogP contribution in [0.4, 0.5) is 0 Å². The summed E-state index contributed by atoms with van der Waals surface area (Å²) >= 11 is 0. The van der Waals surface area contributed by atoms with Crippen LogP contribution in [0.3, 0.4) is 0 Å². The van der Waals surface area contributed by atoms with Crippen molar-refractivity contribution in [1.82, 2.24) is 20.4 Å². The zero-order valence-corrected chi connectivity index (χ0v) is 11.3. The minimum absolute atomic E-state index is 0.109. The molecule has 3 aromatic rings. The molecular formula is C14H13N5O2. The van der Waals surface area contributed by atoms with Gasteiger partial charge in [-0.3, -0.25) is 10.2 Å². The van der Waals surface area contributed by atoms with Crippen molar-refractivity contribution in [2.24, 2.45) is 5.84 Å². The van der Waals surface area contributed by atoms with E-state index in [4.69, 9.17) is 10.6 Å². The van der Waals surface area contributed by atoms with Gasteiger partial charge in [0.15, 0.2) is 11.4 Å². The Morgan fingerprint density at radius 1 is 1.33 bits per heavy atom. The minimum Gasteiger partial charge on any atom is -0.493 e. The number of hydrogen-bond acceptors (Lipinski definition) is 5. The van der Waals surface area contributed by atoms with Crippen molar-refractivity contribution in [1.29, 1.82) is 0 Å². The number of ether oxygens (including phenoxy) is 1. The molecule has 21 heavy (non-hydrogen) atoms. The Hall–Kier alpha value is -2.93. The smallest absolute Gasteiger partial charge is 0.287 e. The van der Waals surface area contributed by atoms with Gasteiger partial charge >= 0.3 is 0 Å². The molecular weight excluding hydrogens is 270 g/mol. The van der Waals surface area contributed by atoms with E-state index in [0.29, 0.717) is 17.1 Å². The lowest BCUT2D eigenvalue weighted by atomic mass is 10.2. The summed E-state index contributed by atoms with van der Waals surface area (Å²) in [6.45, 7) is 0. The number of amides is 1. The number of nitrogens with zero attached hydrogens (tertiary/aromatic N) is 2. The molecule has 1 amide bonds. The van der Waals surface area contributed by atoms with Crippen LogP contribution in [-0.4, -0.2) is 28.0 Å². The first-order valence-corrected chi connectivity index (χ1v) is 6.23. The second kappa shape index (κ2) is 5.22. The van der Waals surface area contributed by atoms with Crippen LogP contribution < -0.4 is 16.0 Å². The van der Waals surface area contributed by atoms with Crippen molar-refractivity contribution in [3.8, 4) is 17.1 Å². The van der Waals surface area contributed by atoms with Crippen LogP contribution in [-0.2, 0) is 0 Å². The number of H-pyrrole nitrogens is 1. The molecule has 1 aromatic carbocycles. The molecule has 0 saturated carbocycles. The first kappa shape index (κ1) is 13.1. The molecule has 3 rings (SSSR count). The molecule has 0 fully saturated rings. The van der Waals surface area contributed by atoms with E-state index in [0.717, 1.165) is 11.0 Å². The number of fused-ring (bicyclic) bond motifs is 1. The molecule has 7 heteroatoms. The highest BCUT2D eigenvalue weighted by Crippen LogP contribution is 2.31. The molecule has 0 radical (unpaired) electrons. The number of nitrogen functional groups attached to an aromatic ring is 1. The molecule has 0 unspecified atom stereocenters. The van der Waals surface area contributed by atoms with Crippen molar-refractivity contribution >= 4 is 16.9 Å². The summed E-state index contributed by atoms with van der Waals surface area (Å²) in [7, 11) is 1.47. The molecule has 0 aliphatic carbocycles. The minimum atomic E-state index is -0.523. The SMILES string of the molecule is COc1c(-c2nc3ccccc3[nH]2)ccnc1C(=O)NN. The molecule has 0 aliphatic rings. The molecule has 0 spiro atoms. The van der Waals surface area contributed by atoms with Gasteiger partial charge in [0.1, 0.15) is 5.82 Å². The van der Waals surface area contributed by atoms with E-state index in [1.807, 2.05) is 29.7 Å². The number of pyridine rings is 1. The first-order chi connectivity index (χ1) is 10.2. The van der Waals surface area contributed by atoms with Crippen molar-refractivity contribution in [2.75, 3.05) is 7.11 Å². The van der Waals surface area contributed by atoms with E-state index in [2.05, 4.69) is 15.0 Å². The van der Waals surface area contributed by atoms with Crippen LogP contribution in [0, 0.1) is 0 Å². The number of aromatic amines is 1. The Morgan fingerprint density at radius 2 is 2.14 bits per heavy atom. The Kier molecular flexibility index (Phi) is 3.25. The number of hydrazine groups is 1. The molecule has 7 nitrogen and oxygen atoms in total. The van der Waals surface area contributed by atoms with Crippen molar-refractivity contribution < 1.29 is 9.53 Å². The highest BCUT2D eigenvalue weighted by molar-refractivity contribution is 5.97. The number of para-hydroxylation sites is 2. The van der Waals surface area contributed by atoms with Gasteiger partial charge in [-0.2, -0.15) is 0 Å². The average molecular weight is 283 g/mol. The van der Waals surface area contributed by atoms with E-state index in [1.165, 1.54) is 13.3 Å². The Balaban J connectivity index is 2.19. The summed E-state index contributed by atoms with van der Waals surface area (Å²) in [5, 5.41) is 0. The molecule has 2 aromatic heterocycles. The number of rotatable bonds is 3. The summed E-state index contributed by atoms with van der Waals surface area (Å²) < 4.78 is 5.31. The number of methoxy groups -OCH3 is 1.